The van der Waals surface area contributed by atoms with E-state index >= 15 is 0 Å². The molecule has 6 heteroatoms. The van der Waals surface area contributed by atoms with Crippen molar-refractivity contribution in [2.45, 2.75) is 4.34 Å². The number of aromatic nitrogens is 1. The van der Waals surface area contributed by atoms with E-state index in [0.717, 1.165) is 21.6 Å². The summed E-state index contributed by atoms with van der Waals surface area (Å²) in [5.41, 5.74) is 0.756. The van der Waals surface area contributed by atoms with Gasteiger partial charge in [-0.05, 0) is 6.07 Å². The highest BCUT2D eigenvalue weighted by Gasteiger charge is 2.21. The lowest BCUT2D eigenvalue weighted by Gasteiger charge is -1.97. The molecule has 2 rings (SSSR count). The van der Waals surface area contributed by atoms with E-state index in [2.05, 4.69) is 0 Å². The number of benzene rings is 1. The number of hydrogen-bond donors (Lipinski definition) is 0. The summed E-state index contributed by atoms with van der Waals surface area (Å²) in [6.45, 7) is 0. The highest BCUT2D eigenvalue weighted by Crippen LogP contribution is 2.22. The second-order valence-corrected chi connectivity index (χ2v) is 5.43. The van der Waals surface area contributed by atoms with Gasteiger partial charge < -0.3 is 4.55 Å². The Morgan fingerprint density at radius 3 is 2.57 bits per heavy atom. The Hall–Kier alpha value is -0.980. The maximum absolute atomic E-state index is 10.9. The third-order valence-electron chi connectivity index (χ3n) is 1.91. The number of thiazole rings is 1. The number of nitrogens with zero attached hydrogens (tertiary/aromatic N) is 1. The van der Waals surface area contributed by atoms with Crippen molar-refractivity contribution >= 4 is 31.7 Å². The summed E-state index contributed by atoms with van der Waals surface area (Å²) in [7, 11) is -2.79. The minimum atomic E-state index is -4.36. The largest absolute Gasteiger partial charge is 0.739 e. The molecule has 0 radical (unpaired) electrons. The smallest absolute Gasteiger partial charge is 0.343 e. The standard InChI is InChI=1S/C8H7NO3S2/c1-9-6-4-2-3-5-7(6)13-8(9)14(10,11)12/h2-5H,1H3. The molecule has 0 spiro atoms. The summed E-state index contributed by atoms with van der Waals surface area (Å²) in [6.07, 6.45) is 0. The van der Waals surface area contributed by atoms with E-state index < -0.39 is 10.1 Å². The average molecular weight is 229 g/mol. The Morgan fingerprint density at radius 1 is 1.36 bits per heavy atom. The third kappa shape index (κ3) is 1.41. The van der Waals surface area contributed by atoms with Crippen molar-refractivity contribution in [1.29, 1.82) is 0 Å². The molecular weight excluding hydrogens is 222 g/mol. The first kappa shape index (κ1) is 9.57. The molecule has 0 aliphatic heterocycles. The lowest BCUT2D eigenvalue weighted by atomic mass is 10.3. The van der Waals surface area contributed by atoms with Crippen LogP contribution in [0.5, 0.6) is 0 Å². The maximum atomic E-state index is 10.9. The van der Waals surface area contributed by atoms with E-state index in [4.69, 9.17) is 0 Å². The molecular formula is C8H7NO3S2. The van der Waals surface area contributed by atoms with Crippen molar-refractivity contribution in [2.75, 3.05) is 0 Å². The van der Waals surface area contributed by atoms with Crippen LogP contribution in [0, 0.1) is 0 Å². The van der Waals surface area contributed by atoms with Gasteiger partial charge in [-0.25, -0.2) is 8.42 Å². The average Bonchev–Trinajstić information content (AvgIpc) is 2.44. The second-order valence-electron chi connectivity index (χ2n) is 2.85. The molecule has 14 heavy (non-hydrogen) atoms. The Balaban J connectivity index is 2.89. The fourth-order valence-corrected chi connectivity index (χ4v) is 3.29. The number of aryl methyl sites for hydroxylation is 1. The first-order chi connectivity index (χ1) is 6.50. The predicted molar refractivity (Wildman–Crippen MR) is 51.0 cm³/mol. The van der Waals surface area contributed by atoms with Gasteiger partial charge in [-0.2, -0.15) is 4.57 Å². The van der Waals surface area contributed by atoms with Crippen molar-refractivity contribution in [3.05, 3.63) is 24.3 Å². The number of para-hydroxylation sites is 1. The summed E-state index contributed by atoms with van der Waals surface area (Å²) in [5, 5.41) is 0. The van der Waals surface area contributed by atoms with Crippen molar-refractivity contribution in [3.8, 4) is 0 Å². The van der Waals surface area contributed by atoms with Crippen LogP contribution >= 0.6 is 11.3 Å². The normalized spacial score (nSPS) is 12.1. The second kappa shape index (κ2) is 3.01. The van der Waals surface area contributed by atoms with Crippen LogP contribution in [0.2, 0.25) is 0 Å². The molecule has 74 valence electrons. The van der Waals surface area contributed by atoms with Gasteiger partial charge in [0.1, 0.15) is 11.7 Å². The fourth-order valence-electron chi connectivity index (χ4n) is 1.30. The molecule has 0 aliphatic carbocycles. The zero-order valence-electron chi connectivity index (χ0n) is 7.30. The van der Waals surface area contributed by atoms with E-state index in [1.165, 1.54) is 4.57 Å². The van der Waals surface area contributed by atoms with Crippen LogP contribution in [-0.4, -0.2) is 13.0 Å². The van der Waals surface area contributed by atoms with Gasteiger partial charge in [0.2, 0.25) is 5.52 Å². The fraction of sp³-hybridized carbons (Fsp3) is 0.125. The monoisotopic (exact) mass is 229 g/mol. The number of rotatable bonds is 1. The molecule has 0 N–H and O–H groups in total. The van der Waals surface area contributed by atoms with E-state index in [-0.39, 0.29) is 4.34 Å². The topological polar surface area (TPSA) is 61.1 Å². The summed E-state index contributed by atoms with van der Waals surface area (Å²) in [6, 6.07) is 7.17. The molecule has 0 saturated carbocycles. The molecule has 2 aromatic rings. The minimum absolute atomic E-state index is 0.154. The van der Waals surface area contributed by atoms with Crippen LogP contribution in [0.15, 0.2) is 28.6 Å². The van der Waals surface area contributed by atoms with Crippen molar-refractivity contribution < 1.29 is 17.5 Å². The van der Waals surface area contributed by atoms with Crippen LogP contribution in [-0.2, 0) is 17.2 Å². The highest BCUT2D eigenvalue weighted by molar-refractivity contribution is 7.87. The molecule has 0 saturated heterocycles. The number of hydrogen-bond acceptors (Lipinski definition) is 4. The zero-order valence-corrected chi connectivity index (χ0v) is 8.93. The molecule has 4 nitrogen and oxygen atoms in total. The first-order valence-corrected chi connectivity index (χ1v) is 6.06. The quantitative estimate of drug-likeness (QED) is 0.532. The first-order valence-electron chi connectivity index (χ1n) is 3.83. The molecule has 0 atom stereocenters. The number of fused-ring (bicyclic) bond motifs is 1. The summed E-state index contributed by atoms with van der Waals surface area (Å²) < 4.78 is 34.6. The Labute approximate surface area is 85.2 Å². The molecule has 0 amide bonds. The van der Waals surface area contributed by atoms with Crippen LogP contribution in [0.4, 0.5) is 0 Å². The Morgan fingerprint density at radius 2 is 2.00 bits per heavy atom. The third-order valence-corrected chi connectivity index (χ3v) is 4.49. The molecule has 0 aliphatic rings. The Kier molecular flexibility index (Phi) is 2.06. The van der Waals surface area contributed by atoms with Gasteiger partial charge >= 0.3 is 4.34 Å². The lowest BCUT2D eigenvalue weighted by molar-refractivity contribution is -0.678. The van der Waals surface area contributed by atoms with E-state index in [9.17, 15) is 13.0 Å². The van der Waals surface area contributed by atoms with Gasteiger partial charge in [0.15, 0.2) is 10.1 Å². The van der Waals surface area contributed by atoms with E-state index in [0.29, 0.717) is 0 Å². The SMILES string of the molecule is C[n+]1c(S(=O)(=O)[O-])sc2ccccc21. The van der Waals surface area contributed by atoms with Crippen molar-refractivity contribution in [1.82, 2.24) is 0 Å². The Bertz CT molecular complexity index is 586. The minimum Gasteiger partial charge on any atom is -0.739 e. The summed E-state index contributed by atoms with van der Waals surface area (Å²) in [4.78, 5) is 0. The summed E-state index contributed by atoms with van der Waals surface area (Å²) >= 11 is 0.993. The van der Waals surface area contributed by atoms with Crippen LogP contribution in [0.1, 0.15) is 0 Å². The molecule has 1 aromatic heterocycles. The van der Waals surface area contributed by atoms with Crippen LogP contribution in [0.25, 0.3) is 10.2 Å². The molecule has 0 unspecified atom stereocenters. The van der Waals surface area contributed by atoms with Crippen LogP contribution < -0.4 is 4.57 Å². The van der Waals surface area contributed by atoms with Crippen molar-refractivity contribution in [3.63, 3.8) is 0 Å². The predicted octanol–water partition coefficient (Wildman–Crippen LogP) is 0.630. The van der Waals surface area contributed by atoms with Gasteiger partial charge in [-0.15, -0.1) is 0 Å². The van der Waals surface area contributed by atoms with Crippen LogP contribution in [0.3, 0.4) is 0 Å². The van der Waals surface area contributed by atoms with Gasteiger partial charge in [-0.3, -0.25) is 0 Å². The van der Waals surface area contributed by atoms with Crippen molar-refractivity contribution in [2.24, 2.45) is 7.05 Å². The molecule has 1 heterocycles. The summed E-state index contributed by atoms with van der Waals surface area (Å²) in [5.74, 6) is 0. The maximum Gasteiger partial charge on any atom is 0.343 e. The van der Waals surface area contributed by atoms with Gasteiger partial charge in [0.05, 0.1) is 0 Å². The molecule has 0 fully saturated rings. The molecule has 0 bridgehead atoms. The van der Waals surface area contributed by atoms with Gasteiger partial charge in [0, 0.05) is 6.07 Å². The van der Waals surface area contributed by atoms with Gasteiger partial charge in [-0.1, -0.05) is 23.5 Å². The zero-order chi connectivity index (χ0) is 10.3. The van der Waals surface area contributed by atoms with E-state index in [1.54, 1.807) is 31.3 Å². The van der Waals surface area contributed by atoms with Gasteiger partial charge in [0.25, 0.3) is 0 Å². The molecule has 1 aromatic carbocycles. The van der Waals surface area contributed by atoms with E-state index in [1.807, 2.05) is 0 Å². The lowest BCUT2D eigenvalue weighted by Crippen LogP contribution is -2.32. The highest BCUT2D eigenvalue weighted by atomic mass is 32.3.